The molecule has 94 valence electrons. The third-order valence-electron chi connectivity index (χ3n) is 2.66. The summed E-state index contributed by atoms with van der Waals surface area (Å²) in [7, 11) is 0. The van der Waals surface area contributed by atoms with Crippen LogP contribution in [0.15, 0.2) is 46.9 Å². The molecule has 0 radical (unpaired) electrons. The average molecular weight is 364 g/mol. The van der Waals surface area contributed by atoms with Crippen molar-refractivity contribution in [1.29, 1.82) is 0 Å². The van der Waals surface area contributed by atoms with E-state index >= 15 is 0 Å². The second-order valence-electron chi connectivity index (χ2n) is 3.93. The highest BCUT2D eigenvalue weighted by Crippen LogP contribution is 2.33. The molecule has 2 aromatic carbocycles. The zero-order chi connectivity index (χ0) is 13.1. The van der Waals surface area contributed by atoms with Gasteiger partial charge in [0, 0.05) is 14.5 Å². The summed E-state index contributed by atoms with van der Waals surface area (Å²) >= 11 is 22.1. The number of rotatable bonds is 3. The van der Waals surface area contributed by atoms with Crippen LogP contribution in [-0.4, -0.2) is 0 Å². The summed E-state index contributed by atoms with van der Waals surface area (Å²) in [5.74, 6) is 0. The molecule has 0 spiro atoms. The van der Waals surface area contributed by atoms with Crippen molar-refractivity contribution in [1.82, 2.24) is 0 Å². The molecular formula is C14H10BrCl3. The van der Waals surface area contributed by atoms with E-state index in [-0.39, 0.29) is 5.38 Å². The zero-order valence-corrected chi connectivity index (χ0v) is 13.2. The molecule has 1 unspecified atom stereocenters. The molecule has 0 saturated carbocycles. The molecule has 0 aromatic heterocycles. The molecule has 2 aromatic rings. The molecule has 0 N–H and O–H groups in total. The Morgan fingerprint density at radius 3 is 2.39 bits per heavy atom. The van der Waals surface area contributed by atoms with E-state index in [0.29, 0.717) is 11.4 Å². The van der Waals surface area contributed by atoms with Crippen LogP contribution in [-0.2, 0) is 6.42 Å². The quantitative estimate of drug-likeness (QED) is 0.562. The molecule has 0 saturated heterocycles. The van der Waals surface area contributed by atoms with Crippen molar-refractivity contribution in [2.75, 3.05) is 0 Å². The van der Waals surface area contributed by atoms with Gasteiger partial charge < -0.3 is 0 Å². The lowest BCUT2D eigenvalue weighted by Crippen LogP contribution is -1.97. The Morgan fingerprint density at radius 2 is 1.72 bits per heavy atom. The minimum atomic E-state index is -0.189. The molecule has 18 heavy (non-hydrogen) atoms. The molecule has 0 aliphatic rings. The first-order valence-electron chi connectivity index (χ1n) is 5.40. The first-order chi connectivity index (χ1) is 8.58. The highest BCUT2D eigenvalue weighted by molar-refractivity contribution is 9.10. The van der Waals surface area contributed by atoms with Crippen molar-refractivity contribution < 1.29 is 0 Å². The van der Waals surface area contributed by atoms with Crippen LogP contribution in [0.3, 0.4) is 0 Å². The first kappa shape index (κ1) is 14.2. The van der Waals surface area contributed by atoms with Crippen LogP contribution in [0.1, 0.15) is 16.5 Å². The highest BCUT2D eigenvalue weighted by atomic mass is 79.9. The average Bonchev–Trinajstić information content (AvgIpc) is 2.32. The number of benzene rings is 2. The number of hydrogen-bond acceptors (Lipinski definition) is 0. The van der Waals surface area contributed by atoms with E-state index in [0.717, 1.165) is 20.6 Å². The minimum Gasteiger partial charge on any atom is -0.117 e. The Hall–Kier alpha value is -0.210. The predicted molar refractivity (Wildman–Crippen MR) is 82.9 cm³/mol. The standard InChI is InChI=1S/C14H10BrCl3/c15-10-5-6-11(14(18)8-10)13(17)7-9-3-1-2-4-12(9)16/h1-6,8,13H,7H2. The number of hydrogen-bond donors (Lipinski definition) is 0. The van der Waals surface area contributed by atoms with Gasteiger partial charge in [0.15, 0.2) is 0 Å². The smallest absolute Gasteiger partial charge is 0.0640 e. The summed E-state index contributed by atoms with van der Waals surface area (Å²) in [5.41, 5.74) is 1.94. The largest absolute Gasteiger partial charge is 0.117 e. The fourth-order valence-corrected chi connectivity index (χ4v) is 3.15. The van der Waals surface area contributed by atoms with Gasteiger partial charge in [0.25, 0.3) is 0 Å². The van der Waals surface area contributed by atoms with Crippen molar-refractivity contribution in [2.45, 2.75) is 11.8 Å². The molecule has 4 heteroatoms. The van der Waals surface area contributed by atoms with Gasteiger partial charge in [-0.25, -0.2) is 0 Å². The Labute approximate surface area is 130 Å². The van der Waals surface area contributed by atoms with Crippen molar-refractivity contribution >= 4 is 50.7 Å². The SMILES string of the molecule is Clc1ccccc1CC(Cl)c1ccc(Br)cc1Cl. The maximum absolute atomic E-state index is 6.41. The van der Waals surface area contributed by atoms with Gasteiger partial charge in [-0.05, 0) is 35.7 Å². The Kier molecular flexibility index (Phi) is 4.97. The van der Waals surface area contributed by atoms with Crippen LogP contribution in [0.2, 0.25) is 10.0 Å². The van der Waals surface area contributed by atoms with E-state index in [1.54, 1.807) is 0 Å². The second kappa shape index (κ2) is 6.29. The molecule has 0 aliphatic heterocycles. The lowest BCUT2D eigenvalue weighted by Gasteiger charge is -2.13. The summed E-state index contributed by atoms with van der Waals surface area (Å²) in [6, 6.07) is 13.4. The van der Waals surface area contributed by atoms with E-state index in [2.05, 4.69) is 15.9 Å². The van der Waals surface area contributed by atoms with Gasteiger partial charge in [0.1, 0.15) is 0 Å². The third-order valence-corrected chi connectivity index (χ3v) is 4.24. The van der Waals surface area contributed by atoms with Crippen LogP contribution in [0, 0.1) is 0 Å². The van der Waals surface area contributed by atoms with Gasteiger partial charge in [-0.15, -0.1) is 11.6 Å². The normalized spacial score (nSPS) is 12.4. The summed E-state index contributed by atoms with van der Waals surface area (Å²) in [6.07, 6.45) is 0.655. The summed E-state index contributed by atoms with van der Waals surface area (Å²) in [4.78, 5) is 0. The predicted octanol–water partition coefficient (Wildman–Crippen LogP) is 6.28. The zero-order valence-electron chi connectivity index (χ0n) is 9.34. The Morgan fingerprint density at radius 1 is 1.00 bits per heavy atom. The van der Waals surface area contributed by atoms with E-state index in [9.17, 15) is 0 Å². The molecule has 0 heterocycles. The first-order valence-corrected chi connectivity index (χ1v) is 7.39. The fourth-order valence-electron chi connectivity index (χ4n) is 1.72. The van der Waals surface area contributed by atoms with Gasteiger partial charge >= 0.3 is 0 Å². The van der Waals surface area contributed by atoms with Gasteiger partial charge in [-0.3, -0.25) is 0 Å². The van der Waals surface area contributed by atoms with E-state index in [1.165, 1.54) is 0 Å². The lowest BCUT2D eigenvalue weighted by atomic mass is 10.0. The topological polar surface area (TPSA) is 0 Å². The van der Waals surface area contributed by atoms with E-state index in [4.69, 9.17) is 34.8 Å². The van der Waals surface area contributed by atoms with Crippen LogP contribution < -0.4 is 0 Å². The Bertz CT molecular complexity index is 554. The maximum atomic E-state index is 6.41. The van der Waals surface area contributed by atoms with Gasteiger partial charge in [-0.2, -0.15) is 0 Å². The van der Waals surface area contributed by atoms with Crippen LogP contribution in [0.5, 0.6) is 0 Å². The number of alkyl halides is 1. The summed E-state index contributed by atoms with van der Waals surface area (Å²) < 4.78 is 0.942. The van der Waals surface area contributed by atoms with Gasteiger partial charge in [0.2, 0.25) is 0 Å². The molecule has 0 aliphatic carbocycles. The molecule has 0 nitrogen and oxygen atoms in total. The van der Waals surface area contributed by atoms with Crippen molar-refractivity contribution in [3.63, 3.8) is 0 Å². The molecule has 0 bridgehead atoms. The maximum Gasteiger partial charge on any atom is 0.0640 e. The Balaban J connectivity index is 2.22. The van der Waals surface area contributed by atoms with Crippen LogP contribution in [0.25, 0.3) is 0 Å². The molecule has 0 amide bonds. The molecule has 0 fully saturated rings. The molecular weight excluding hydrogens is 354 g/mol. The number of halogens is 4. The van der Waals surface area contributed by atoms with Gasteiger partial charge in [0.05, 0.1) is 5.38 Å². The fraction of sp³-hybridized carbons (Fsp3) is 0.143. The van der Waals surface area contributed by atoms with Crippen molar-refractivity contribution in [3.05, 3.63) is 68.1 Å². The third kappa shape index (κ3) is 3.42. The summed E-state index contributed by atoms with van der Waals surface area (Å²) in [5, 5.41) is 1.21. The van der Waals surface area contributed by atoms with E-state index < -0.39 is 0 Å². The van der Waals surface area contributed by atoms with E-state index in [1.807, 2.05) is 42.5 Å². The molecule has 2 rings (SSSR count). The lowest BCUT2D eigenvalue weighted by molar-refractivity contribution is 0.920. The monoisotopic (exact) mass is 362 g/mol. The highest BCUT2D eigenvalue weighted by Gasteiger charge is 2.14. The summed E-state index contributed by atoms with van der Waals surface area (Å²) in [6.45, 7) is 0. The van der Waals surface area contributed by atoms with Crippen molar-refractivity contribution in [3.8, 4) is 0 Å². The van der Waals surface area contributed by atoms with Gasteiger partial charge in [-0.1, -0.05) is 63.4 Å². The molecule has 1 atom stereocenters. The van der Waals surface area contributed by atoms with Crippen LogP contribution in [0.4, 0.5) is 0 Å². The minimum absolute atomic E-state index is 0.189. The van der Waals surface area contributed by atoms with Crippen molar-refractivity contribution in [2.24, 2.45) is 0 Å². The van der Waals surface area contributed by atoms with Crippen LogP contribution >= 0.6 is 50.7 Å². The second-order valence-corrected chi connectivity index (χ2v) is 6.19.